The van der Waals surface area contributed by atoms with Gasteiger partial charge in [0, 0.05) is 24.7 Å². The second-order valence-electron chi connectivity index (χ2n) is 6.45. The molecule has 0 aliphatic heterocycles. The van der Waals surface area contributed by atoms with Gasteiger partial charge in [0.15, 0.2) is 11.5 Å². The lowest BCUT2D eigenvalue weighted by atomic mass is 10.2. The molecule has 1 aromatic carbocycles. The van der Waals surface area contributed by atoms with Gasteiger partial charge in [0.2, 0.25) is 5.89 Å². The van der Waals surface area contributed by atoms with E-state index in [9.17, 15) is 18.0 Å². The Labute approximate surface area is 185 Å². The number of pyridine rings is 1. The first kappa shape index (κ1) is 20.3. The fraction of sp³-hybridized carbons (Fsp3) is 0.0526. The molecule has 0 radical (unpaired) electrons. The highest BCUT2D eigenvalue weighted by molar-refractivity contribution is 6.39. The van der Waals surface area contributed by atoms with Crippen molar-refractivity contribution >= 4 is 45.1 Å². The predicted molar refractivity (Wildman–Crippen MR) is 109 cm³/mol. The molecule has 32 heavy (non-hydrogen) atoms. The summed E-state index contributed by atoms with van der Waals surface area (Å²) < 4.78 is 46.3. The highest BCUT2D eigenvalue weighted by Crippen LogP contribution is 2.34. The van der Waals surface area contributed by atoms with Crippen LogP contribution in [0.4, 0.5) is 13.2 Å². The van der Waals surface area contributed by atoms with E-state index in [1.54, 1.807) is 0 Å². The third-order valence-corrected chi connectivity index (χ3v) is 5.11. The number of fused-ring (bicyclic) bond motifs is 2. The normalized spacial score (nSPS) is 12.0. The van der Waals surface area contributed by atoms with Crippen LogP contribution < -0.4 is 5.63 Å². The summed E-state index contributed by atoms with van der Waals surface area (Å²) in [5, 5.41) is 3.57. The van der Waals surface area contributed by atoms with E-state index in [-0.39, 0.29) is 38.0 Å². The number of halogens is 5. The molecule has 0 N–H and O–H groups in total. The van der Waals surface area contributed by atoms with Gasteiger partial charge in [-0.15, -0.1) is 0 Å². The van der Waals surface area contributed by atoms with Gasteiger partial charge >= 0.3 is 11.8 Å². The minimum absolute atomic E-state index is 0.00210. The fourth-order valence-electron chi connectivity index (χ4n) is 3.07. The Bertz CT molecular complexity index is 1580. The summed E-state index contributed by atoms with van der Waals surface area (Å²) in [5.74, 6) is -0.572. The molecule has 0 bridgehead atoms. The Balaban J connectivity index is 1.83. The van der Waals surface area contributed by atoms with E-state index in [0.29, 0.717) is 11.6 Å². The van der Waals surface area contributed by atoms with Crippen LogP contribution in [-0.4, -0.2) is 29.7 Å². The topological polar surface area (TPSA) is 99.6 Å². The first-order chi connectivity index (χ1) is 15.2. The zero-order valence-electron chi connectivity index (χ0n) is 15.4. The van der Waals surface area contributed by atoms with E-state index in [2.05, 4.69) is 25.0 Å². The zero-order chi connectivity index (χ0) is 22.6. The van der Waals surface area contributed by atoms with Crippen molar-refractivity contribution in [1.82, 2.24) is 29.7 Å². The molecule has 8 nitrogen and oxygen atoms in total. The third-order valence-electron chi connectivity index (χ3n) is 4.46. The molecule has 0 saturated heterocycles. The highest BCUT2D eigenvalue weighted by Gasteiger charge is 2.36. The molecule has 0 aliphatic carbocycles. The largest absolute Gasteiger partial charge is 0.435 e. The van der Waals surface area contributed by atoms with Crippen molar-refractivity contribution in [1.29, 1.82) is 0 Å². The lowest BCUT2D eigenvalue weighted by Crippen LogP contribution is -2.09. The maximum absolute atomic E-state index is 13.4. The van der Waals surface area contributed by atoms with E-state index in [1.165, 1.54) is 36.8 Å². The van der Waals surface area contributed by atoms with Crippen LogP contribution in [0, 0.1) is 0 Å². The number of aromatic nitrogens is 6. The molecule has 0 spiro atoms. The van der Waals surface area contributed by atoms with Crippen molar-refractivity contribution in [3.63, 3.8) is 0 Å². The van der Waals surface area contributed by atoms with Crippen LogP contribution in [0.1, 0.15) is 5.69 Å². The lowest BCUT2D eigenvalue weighted by molar-refractivity contribution is -0.141. The molecule has 0 saturated carbocycles. The third kappa shape index (κ3) is 3.26. The molecular weight excluding hydrogens is 472 g/mol. The first-order valence-corrected chi connectivity index (χ1v) is 9.52. The van der Waals surface area contributed by atoms with Gasteiger partial charge in [0.25, 0.3) is 0 Å². The molecule has 0 aliphatic rings. The molecular formula is C19H7Cl2F3N6O2. The van der Waals surface area contributed by atoms with Crippen LogP contribution in [0.5, 0.6) is 0 Å². The minimum Gasteiger partial charge on any atom is -0.401 e. The van der Waals surface area contributed by atoms with Gasteiger partial charge in [-0.25, -0.2) is 19.4 Å². The summed E-state index contributed by atoms with van der Waals surface area (Å²) in [7, 11) is 0. The van der Waals surface area contributed by atoms with Crippen molar-refractivity contribution in [2.45, 2.75) is 6.18 Å². The molecule has 160 valence electrons. The summed E-state index contributed by atoms with van der Waals surface area (Å²) in [4.78, 5) is 29.1. The summed E-state index contributed by atoms with van der Waals surface area (Å²) in [6.07, 6.45) is -0.644. The Morgan fingerprint density at radius 1 is 1.00 bits per heavy atom. The van der Waals surface area contributed by atoms with Gasteiger partial charge in [0.05, 0.1) is 20.9 Å². The van der Waals surface area contributed by atoms with Crippen molar-refractivity contribution in [3.05, 3.63) is 69.0 Å². The van der Waals surface area contributed by atoms with Crippen LogP contribution in [0.2, 0.25) is 10.0 Å². The SMILES string of the molecule is O=c1oc(-c2cc(C(F)(F)F)nn2-c2ncccc2Cl)nc2c(Cl)c3nccnc3cc12. The molecule has 5 rings (SSSR count). The van der Waals surface area contributed by atoms with Crippen LogP contribution in [0.25, 0.3) is 39.3 Å². The number of rotatable bonds is 2. The van der Waals surface area contributed by atoms with Gasteiger partial charge < -0.3 is 4.42 Å². The van der Waals surface area contributed by atoms with Crippen LogP contribution in [0.15, 0.2) is 52.1 Å². The summed E-state index contributed by atoms with van der Waals surface area (Å²) in [5.41, 5.74) is -1.85. The van der Waals surface area contributed by atoms with E-state index >= 15 is 0 Å². The second kappa shape index (κ2) is 7.24. The van der Waals surface area contributed by atoms with Crippen LogP contribution >= 0.6 is 23.2 Å². The standard InChI is InChI=1S/C19H7Cl2F3N6O2/c20-9-2-1-3-27-16(9)30-11(7-12(29-30)19(22,23)24)17-28-14-8(18(31)32-17)6-10-15(13(14)21)26-5-4-25-10/h1-7H. The van der Waals surface area contributed by atoms with Crippen LogP contribution in [0.3, 0.4) is 0 Å². The number of nitrogens with zero attached hydrogens (tertiary/aromatic N) is 6. The summed E-state index contributed by atoms with van der Waals surface area (Å²) in [6, 6.07) is 4.99. The van der Waals surface area contributed by atoms with E-state index < -0.39 is 23.4 Å². The molecule has 0 amide bonds. The van der Waals surface area contributed by atoms with Crippen molar-refractivity contribution in [3.8, 4) is 17.4 Å². The van der Waals surface area contributed by atoms with Crippen molar-refractivity contribution in [2.24, 2.45) is 0 Å². The summed E-state index contributed by atoms with van der Waals surface area (Å²) in [6.45, 7) is 0. The predicted octanol–water partition coefficient (Wildman–Crippen LogP) is 4.70. The number of hydrogen-bond acceptors (Lipinski definition) is 7. The van der Waals surface area contributed by atoms with E-state index in [0.717, 1.165) is 4.68 Å². The average Bonchev–Trinajstić information content (AvgIpc) is 3.21. The van der Waals surface area contributed by atoms with Crippen molar-refractivity contribution in [2.75, 3.05) is 0 Å². The summed E-state index contributed by atoms with van der Waals surface area (Å²) >= 11 is 12.5. The zero-order valence-corrected chi connectivity index (χ0v) is 16.9. The number of benzene rings is 1. The van der Waals surface area contributed by atoms with Crippen LogP contribution in [-0.2, 0) is 6.18 Å². The molecule has 13 heteroatoms. The lowest BCUT2D eigenvalue weighted by Gasteiger charge is -2.08. The highest BCUT2D eigenvalue weighted by atomic mass is 35.5. The maximum Gasteiger partial charge on any atom is 0.435 e. The maximum atomic E-state index is 13.4. The molecule has 0 unspecified atom stereocenters. The van der Waals surface area contributed by atoms with Gasteiger partial charge in [-0.3, -0.25) is 9.97 Å². The molecule has 4 aromatic heterocycles. The average molecular weight is 479 g/mol. The number of hydrogen-bond donors (Lipinski definition) is 0. The van der Waals surface area contributed by atoms with E-state index in [4.69, 9.17) is 27.6 Å². The second-order valence-corrected chi connectivity index (χ2v) is 7.24. The fourth-order valence-corrected chi connectivity index (χ4v) is 3.56. The van der Waals surface area contributed by atoms with Gasteiger partial charge in [-0.2, -0.15) is 18.3 Å². The van der Waals surface area contributed by atoms with Crippen molar-refractivity contribution < 1.29 is 17.6 Å². The minimum atomic E-state index is -4.79. The molecule has 0 fully saturated rings. The Morgan fingerprint density at radius 2 is 1.78 bits per heavy atom. The first-order valence-electron chi connectivity index (χ1n) is 8.76. The Morgan fingerprint density at radius 3 is 2.53 bits per heavy atom. The molecule has 5 aromatic rings. The van der Waals surface area contributed by atoms with Gasteiger partial charge in [-0.05, 0) is 18.2 Å². The van der Waals surface area contributed by atoms with E-state index in [1.807, 2.05) is 0 Å². The van der Waals surface area contributed by atoms with Gasteiger partial charge in [-0.1, -0.05) is 23.2 Å². The quantitative estimate of drug-likeness (QED) is 0.339. The Kier molecular flexibility index (Phi) is 4.60. The molecule has 4 heterocycles. The Hall–Kier alpha value is -3.57. The van der Waals surface area contributed by atoms with Gasteiger partial charge in [0.1, 0.15) is 16.7 Å². The number of alkyl halides is 3. The smallest absolute Gasteiger partial charge is 0.401 e. The molecule has 0 atom stereocenters. The monoisotopic (exact) mass is 478 g/mol.